The Balaban J connectivity index is 1.26. The topological polar surface area (TPSA) is 136 Å². The average Bonchev–Trinajstić information content (AvgIpc) is 3.35. The Bertz CT molecular complexity index is 1460. The molecular formula is C26H23ClN6O4. The lowest BCUT2D eigenvalue weighted by Crippen LogP contribution is -2.40. The van der Waals surface area contributed by atoms with Crippen LogP contribution in [-0.4, -0.2) is 58.0 Å². The van der Waals surface area contributed by atoms with Crippen molar-refractivity contribution in [1.29, 1.82) is 0 Å². The minimum atomic E-state index is -0.288. The molecule has 3 aromatic heterocycles. The molecule has 0 bridgehead atoms. The van der Waals surface area contributed by atoms with Gasteiger partial charge in [0.25, 0.3) is 5.91 Å². The van der Waals surface area contributed by atoms with Gasteiger partial charge in [0.2, 0.25) is 5.91 Å². The number of pyridine rings is 1. The Hall–Kier alpha value is -4.28. The Morgan fingerprint density at radius 1 is 1.08 bits per heavy atom. The van der Waals surface area contributed by atoms with Crippen molar-refractivity contribution >= 4 is 46.3 Å². The molecule has 4 aromatic rings. The second-order valence-corrected chi connectivity index (χ2v) is 8.76. The number of anilines is 1. The van der Waals surface area contributed by atoms with Crippen LogP contribution in [0.1, 0.15) is 21.7 Å². The van der Waals surface area contributed by atoms with Crippen molar-refractivity contribution in [3.63, 3.8) is 0 Å². The minimum Gasteiger partial charge on any atom is -0.458 e. The Kier molecular flexibility index (Phi) is 7.11. The van der Waals surface area contributed by atoms with E-state index in [1.165, 1.54) is 18.5 Å². The molecule has 3 N–H and O–H groups in total. The van der Waals surface area contributed by atoms with E-state index in [1.807, 2.05) is 6.07 Å². The zero-order valence-corrected chi connectivity index (χ0v) is 20.4. The molecule has 4 heterocycles. The number of rotatable bonds is 6. The third kappa shape index (κ3) is 5.76. The van der Waals surface area contributed by atoms with E-state index < -0.39 is 0 Å². The van der Waals surface area contributed by atoms with Crippen molar-refractivity contribution < 1.29 is 18.7 Å². The Labute approximate surface area is 217 Å². The van der Waals surface area contributed by atoms with Crippen LogP contribution in [0.3, 0.4) is 0 Å². The molecule has 0 aliphatic carbocycles. The van der Waals surface area contributed by atoms with Gasteiger partial charge in [-0.2, -0.15) is 0 Å². The number of hydrogen-bond donors (Lipinski definition) is 2. The summed E-state index contributed by atoms with van der Waals surface area (Å²) in [5.41, 5.74) is 7.92. The maximum atomic E-state index is 12.6. The lowest BCUT2D eigenvalue weighted by Gasteiger charge is -2.26. The second-order valence-electron chi connectivity index (χ2n) is 8.36. The molecule has 188 valence electrons. The number of halogens is 1. The van der Waals surface area contributed by atoms with Gasteiger partial charge in [0.1, 0.15) is 11.6 Å². The van der Waals surface area contributed by atoms with Gasteiger partial charge in [-0.05, 0) is 42.0 Å². The van der Waals surface area contributed by atoms with E-state index in [-0.39, 0.29) is 18.4 Å². The highest BCUT2D eigenvalue weighted by Crippen LogP contribution is 2.31. The van der Waals surface area contributed by atoms with Crippen LogP contribution < -0.4 is 11.1 Å². The van der Waals surface area contributed by atoms with Gasteiger partial charge >= 0.3 is 0 Å². The van der Waals surface area contributed by atoms with Crippen LogP contribution >= 0.6 is 11.6 Å². The standard InChI is InChI=1S/C26H23ClN6O4/c27-21-11-18(25-31-13-19(14-32-25)26(35)33-5-7-36-8-6-33)9-17-10-20(37-24(17)21)15-30-23(34)4-2-16-1-3-22(28)29-12-16/h1-4,9-14H,5-8,15H2,(H2,28,29)(H,30,34). The van der Waals surface area contributed by atoms with Crippen LogP contribution in [0.5, 0.6) is 0 Å². The fourth-order valence-electron chi connectivity index (χ4n) is 3.84. The number of nitrogens with one attached hydrogen (secondary N) is 1. The van der Waals surface area contributed by atoms with Crippen molar-refractivity contribution in [3.05, 3.63) is 76.9 Å². The first-order valence-electron chi connectivity index (χ1n) is 11.5. The van der Waals surface area contributed by atoms with E-state index in [2.05, 4.69) is 20.3 Å². The molecular weight excluding hydrogens is 496 g/mol. The van der Waals surface area contributed by atoms with Gasteiger partial charge in [-0.15, -0.1) is 0 Å². The summed E-state index contributed by atoms with van der Waals surface area (Å²) in [5, 5.41) is 3.90. The zero-order chi connectivity index (χ0) is 25.8. The van der Waals surface area contributed by atoms with Crippen LogP contribution in [0.25, 0.3) is 28.4 Å². The predicted octanol–water partition coefficient (Wildman–Crippen LogP) is 3.32. The quantitative estimate of drug-likeness (QED) is 0.371. The van der Waals surface area contributed by atoms with Gasteiger partial charge in [0, 0.05) is 48.7 Å². The minimum absolute atomic E-state index is 0.121. The molecule has 1 saturated heterocycles. The molecule has 1 aliphatic rings. The highest BCUT2D eigenvalue weighted by molar-refractivity contribution is 6.35. The number of nitrogen functional groups attached to an aromatic ring is 1. The maximum absolute atomic E-state index is 12.6. The molecule has 10 nitrogen and oxygen atoms in total. The number of amides is 2. The van der Waals surface area contributed by atoms with E-state index in [0.717, 1.165) is 10.9 Å². The highest BCUT2D eigenvalue weighted by atomic mass is 35.5. The Morgan fingerprint density at radius 2 is 1.86 bits per heavy atom. The molecule has 0 atom stereocenters. The Morgan fingerprint density at radius 3 is 2.59 bits per heavy atom. The number of ether oxygens (including phenoxy) is 1. The maximum Gasteiger partial charge on any atom is 0.257 e. The van der Waals surface area contributed by atoms with Crippen molar-refractivity contribution in [2.45, 2.75) is 6.54 Å². The third-order valence-corrected chi connectivity index (χ3v) is 6.03. The van der Waals surface area contributed by atoms with Crippen molar-refractivity contribution in [1.82, 2.24) is 25.2 Å². The summed E-state index contributed by atoms with van der Waals surface area (Å²) >= 11 is 6.46. The molecule has 37 heavy (non-hydrogen) atoms. The zero-order valence-electron chi connectivity index (χ0n) is 19.7. The van der Waals surface area contributed by atoms with Crippen LogP contribution in [0.4, 0.5) is 5.82 Å². The van der Waals surface area contributed by atoms with Gasteiger partial charge in [0.05, 0.1) is 30.3 Å². The summed E-state index contributed by atoms with van der Waals surface area (Å²) in [6.07, 6.45) is 7.66. The van der Waals surface area contributed by atoms with E-state index >= 15 is 0 Å². The fraction of sp³-hybridized carbons (Fsp3) is 0.192. The number of carbonyl (C=O) groups excluding carboxylic acids is 2. The average molecular weight is 519 g/mol. The number of aromatic nitrogens is 3. The predicted molar refractivity (Wildman–Crippen MR) is 139 cm³/mol. The molecule has 1 aliphatic heterocycles. The summed E-state index contributed by atoms with van der Waals surface area (Å²) in [7, 11) is 0. The molecule has 1 aromatic carbocycles. The monoisotopic (exact) mass is 518 g/mol. The van der Waals surface area contributed by atoms with Gasteiger partial charge in [-0.3, -0.25) is 9.59 Å². The molecule has 0 spiro atoms. The fourth-order valence-corrected chi connectivity index (χ4v) is 4.10. The van der Waals surface area contributed by atoms with Crippen LogP contribution in [0.15, 0.2) is 59.4 Å². The summed E-state index contributed by atoms with van der Waals surface area (Å²) < 4.78 is 11.1. The summed E-state index contributed by atoms with van der Waals surface area (Å²) in [6, 6.07) is 8.79. The molecule has 1 fully saturated rings. The van der Waals surface area contributed by atoms with Gasteiger partial charge in [-0.1, -0.05) is 11.6 Å². The van der Waals surface area contributed by atoms with Crippen molar-refractivity contribution in [3.8, 4) is 11.4 Å². The number of hydrogen-bond acceptors (Lipinski definition) is 8. The first-order valence-corrected chi connectivity index (χ1v) is 11.9. The highest BCUT2D eigenvalue weighted by Gasteiger charge is 2.19. The lowest BCUT2D eigenvalue weighted by molar-refractivity contribution is -0.116. The number of nitrogens with zero attached hydrogens (tertiary/aromatic N) is 4. The van der Waals surface area contributed by atoms with E-state index in [1.54, 1.807) is 41.4 Å². The summed E-state index contributed by atoms with van der Waals surface area (Å²) in [5.74, 6) is 0.975. The first-order chi connectivity index (χ1) is 18.0. The van der Waals surface area contributed by atoms with Crippen LogP contribution in [0.2, 0.25) is 5.02 Å². The smallest absolute Gasteiger partial charge is 0.257 e. The number of nitrogens with two attached hydrogens (primary N) is 1. The van der Waals surface area contributed by atoms with Crippen molar-refractivity contribution in [2.24, 2.45) is 0 Å². The number of morpholine rings is 1. The number of carbonyl (C=O) groups is 2. The molecule has 0 saturated carbocycles. The molecule has 11 heteroatoms. The lowest BCUT2D eigenvalue weighted by atomic mass is 10.1. The molecule has 0 unspecified atom stereocenters. The van der Waals surface area contributed by atoms with E-state index in [4.69, 9.17) is 26.5 Å². The van der Waals surface area contributed by atoms with Crippen molar-refractivity contribution in [2.75, 3.05) is 32.0 Å². The van der Waals surface area contributed by atoms with Crippen LogP contribution in [-0.2, 0) is 16.1 Å². The van der Waals surface area contributed by atoms with E-state index in [0.29, 0.717) is 65.4 Å². The third-order valence-electron chi connectivity index (χ3n) is 5.75. The van der Waals surface area contributed by atoms with Gasteiger partial charge in [0.15, 0.2) is 11.4 Å². The second kappa shape index (κ2) is 10.8. The van der Waals surface area contributed by atoms with Crippen LogP contribution in [0, 0.1) is 0 Å². The summed E-state index contributed by atoms with van der Waals surface area (Å²) in [4.78, 5) is 39.3. The summed E-state index contributed by atoms with van der Waals surface area (Å²) in [6.45, 7) is 2.33. The SMILES string of the molecule is Nc1ccc(C=CC(=O)NCc2cc3cc(-c4ncc(C(=O)N5CCOCC5)cn4)cc(Cl)c3o2)cn1. The normalized spacial score (nSPS) is 13.8. The first kappa shape index (κ1) is 24.4. The largest absolute Gasteiger partial charge is 0.458 e. The number of benzene rings is 1. The molecule has 2 amide bonds. The van der Waals surface area contributed by atoms with Gasteiger partial charge in [-0.25, -0.2) is 15.0 Å². The number of fused-ring (bicyclic) bond motifs is 1. The number of furan rings is 1. The molecule has 5 rings (SSSR count). The van der Waals surface area contributed by atoms with E-state index in [9.17, 15) is 9.59 Å². The molecule has 0 radical (unpaired) electrons. The van der Waals surface area contributed by atoms with Gasteiger partial charge < -0.3 is 25.1 Å².